The van der Waals surface area contributed by atoms with Crippen molar-refractivity contribution < 1.29 is 18.7 Å². The third-order valence-electron chi connectivity index (χ3n) is 6.73. The number of likely N-dealkylation sites (N-methyl/N-ethyl adjacent to an activating group) is 1. The summed E-state index contributed by atoms with van der Waals surface area (Å²) in [6, 6.07) is 5.07. The number of methoxy groups -OCH3 is 2. The highest BCUT2D eigenvalue weighted by molar-refractivity contribution is 6.06. The number of nitrogens with one attached hydrogen (secondary N) is 3. The first-order valence-electron chi connectivity index (χ1n) is 12.6. The van der Waals surface area contributed by atoms with Crippen LogP contribution in [-0.2, 0) is 21.0 Å². The minimum atomic E-state index is -0.568. The van der Waals surface area contributed by atoms with Crippen LogP contribution in [0.4, 0.5) is 21.7 Å². The zero-order valence-corrected chi connectivity index (χ0v) is 22.1. The van der Waals surface area contributed by atoms with Crippen molar-refractivity contribution in [3.63, 3.8) is 0 Å². The summed E-state index contributed by atoms with van der Waals surface area (Å²) in [5.74, 6) is -0.503. The lowest BCUT2D eigenvalue weighted by atomic mass is 10.1. The van der Waals surface area contributed by atoms with Gasteiger partial charge in [0.25, 0.3) is 0 Å². The van der Waals surface area contributed by atoms with E-state index in [0.717, 1.165) is 32.4 Å². The van der Waals surface area contributed by atoms with E-state index in [0.29, 0.717) is 34.6 Å². The maximum atomic E-state index is 14.9. The molecule has 1 aliphatic rings. The molecule has 1 atom stereocenters. The number of anilines is 3. The summed E-state index contributed by atoms with van der Waals surface area (Å²) in [5.41, 5.74) is 2.58. The fourth-order valence-corrected chi connectivity index (χ4v) is 4.69. The number of ether oxygens (including phenoxy) is 2. The molecule has 5 rings (SSSR count). The van der Waals surface area contributed by atoms with E-state index in [2.05, 4.69) is 47.5 Å². The molecule has 1 saturated heterocycles. The fourth-order valence-electron chi connectivity index (χ4n) is 4.69. The predicted molar refractivity (Wildman–Crippen MR) is 145 cm³/mol. The molecule has 3 N–H and O–H groups in total. The van der Waals surface area contributed by atoms with Crippen LogP contribution in [0.1, 0.15) is 0 Å². The van der Waals surface area contributed by atoms with Crippen LogP contribution in [0.25, 0.3) is 22.2 Å². The fraction of sp³-hybridized carbons (Fsp3) is 0.385. The second-order valence-electron chi connectivity index (χ2n) is 9.43. The zero-order chi connectivity index (χ0) is 27.4. The highest BCUT2D eigenvalue weighted by Crippen LogP contribution is 2.33. The molecule has 0 bridgehead atoms. The van der Waals surface area contributed by atoms with Crippen molar-refractivity contribution in [3.8, 4) is 11.3 Å². The third-order valence-corrected chi connectivity index (χ3v) is 6.73. The van der Waals surface area contributed by atoms with Gasteiger partial charge in [0, 0.05) is 57.5 Å². The largest absolute Gasteiger partial charge is 0.383 e. The number of carbonyl (C=O) groups is 1. The van der Waals surface area contributed by atoms with Gasteiger partial charge in [-0.3, -0.25) is 9.69 Å². The monoisotopic (exact) mass is 537 g/mol. The van der Waals surface area contributed by atoms with Crippen molar-refractivity contribution >= 4 is 34.1 Å². The SMILES string of the molecule is COC[C@H](C(=O)Nc1cccc2c(-c3nc(Nc4cnn(COC)c4)ncc3F)c[nH]c12)N1CCN(C)CC1. The number of rotatable bonds is 10. The Hall–Kier alpha value is -3.91. The summed E-state index contributed by atoms with van der Waals surface area (Å²) in [6.07, 6.45) is 6.14. The number of H-pyrrole nitrogens is 1. The van der Waals surface area contributed by atoms with Gasteiger partial charge >= 0.3 is 0 Å². The van der Waals surface area contributed by atoms with Gasteiger partial charge in [0.1, 0.15) is 18.5 Å². The van der Waals surface area contributed by atoms with Crippen molar-refractivity contribution in [2.75, 3.05) is 64.7 Å². The van der Waals surface area contributed by atoms with Gasteiger partial charge in [-0.25, -0.2) is 19.0 Å². The number of carbonyl (C=O) groups excluding carboxylic acids is 1. The predicted octanol–water partition coefficient (Wildman–Crippen LogP) is 2.51. The standard InChI is InChI=1S/C26H32FN9O3/c1-34-7-9-35(10-8-34)22(15-38-2)25(37)32-21-6-4-5-18-19(12-28-24(18)21)23-20(27)13-29-26(33-23)31-17-11-30-36(14-17)16-39-3/h4-6,11-14,22,28H,7-10,15-16H2,1-3H3,(H,32,37)(H,29,31,33)/t22-/m1/s1. The lowest BCUT2D eigenvalue weighted by molar-refractivity contribution is -0.124. The number of aromatic amines is 1. The molecule has 206 valence electrons. The van der Waals surface area contributed by atoms with Crippen LogP contribution in [0.3, 0.4) is 0 Å². The number of hydrogen-bond acceptors (Lipinski definition) is 9. The summed E-state index contributed by atoms with van der Waals surface area (Å²) in [5, 5.41) is 11.0. The van der Waals surface area contributed by atoms with E-state index in [1.807, 2.05) is 18.2 Å². The Balaban J connectivity index is 1.39. The van der Waals surface area contributed by atoms with Gasteiger partial charge in [0.05, 0.1) is 42.1 Å². The highest BCUT2D eigenvalue weighted by Gasteiger charge is 2.29. The summed E-state index contributed by atoms with van der Waals surface area (Å²) < 4.78 is 27.0. The van der Waals surface area contributed by atoms with Crippen LogP contribution in [0.2, 0.25) is 0 Å². The molecule has 1 amide bonds. The molecule has 1 aromatic carbocycles. The van der Waals surface area contributed by atoms with Crippen molar-refractivity contribution in [3.05, 3.63) is 48.8 Å². The summed E-state index contributed by atoms with van der Waals surface area (Å²) in [7, 11) is 5.25. The van der Waals surface area contributed by atoms with E-state index < -0.39 is 11.9 Å². The molecule has 0 radical (unpaired) electrons. The van der Waals surface area contributed by atoms with Gasteiger partial charge in [-0.15, -0.1) is 0 Å². The molecular weight excluding hydrogens is 505 g/mol. The Morgan fingerprint density at radius 1 is 1.18 bits per heavy atom. The average Bonchev–Trinajstić information content (AvgIpc) is 3.57. The van der Waals surface area contributed by atoms with Crippen LogP contribution in [-0.4, -0.2) is 101 Å². The molecule has 4 aromatic rings. The molecule has 13 heteroatoms. The maximum Gasteiger partial charge on any atom is 0.244 e. The van der Waals surface area contributed by atoms with E-state index in [1.54, 1.807) is 37.5 Å². The highest BCUT2D eigenvalue weighted by atomic mass is 19.1. The topological polar surface area (TPSA) is 125 Å². The summed E-state index contributed by atoms with van der Waals surface area (Å²) in [4.78, 5) is 29.4. The zero-order valence-electron chi connectivity index (χ0n) is 22.1. The molecule has 0 aliphatic carbocycles. The normalized spacial score (nSPS) is 15.5. The number of benzene rings is 1. The molecule has 1 fully saturated rings. The van der Waals surface area contributed by atoms with Gasteiger partial charge in [-0.05, 0) is 13.1 Å². The molecule has 0 saturated carbocycles. The average molecular weight is 538 g/mol. The smallest absolute Gasteiger partial charge is 0.244 e. The maximum absolute atomic E-state index is 14.9. The Morgan fingerprint density at radius 3 is 2.77 bits per heavy atom. The number of nitrogens with zero attached hydrogens (tertiary/aromatic N) is 6. The number of piperazine rings is 1. The number of aromatic nitrogens is 5. The van der Waals surface area contributed by atoms with E-state index >= 15 is 0 Å². The number of fused-ring (bicyclic) bond motifs is 1. The van der Waals surface area contributed by atoms with Crippen LogP contribution in [0.5, 0.6) is 0 Å². The molecule has 39 heavy (non-hydrogen) atoms. The Morgan fingerprint density at radius 2 is 2.00 bits per heavy atom. The molecule has 0 spiro atoms. The summed E-state index contributed by atoms with van der Waals surface area (Å²) in [6.45, 7) is 3.93. The van der Waals surface area contributed by atoms with Gasteiger partial charge in [0.2, 0.25) is 11.9 Å². The van der Waals surface area contributed by atoms with Crippen molar-refractivity contribution in [1.82, 2.24) is 34.5 Å². The van der Waals surface area contributed by atoms with Crippen LogP contribution < -0.4 is 10.6 Å². The first-order valence-corrected chi connectivity index (χ1v) is 12.6. The van der Waals surface area contributed by atoms with Crippen molar-refractivity contribution in [2.24, 2.45) is 0 Å². The van der Waals surface area contributed by atoms with E-state index in [1.165, 1.54) is 0 Å². The molecule has 3 aromatic heterocycles. The first kappa shape index (κ1) is 26.7. The Labute approximate surface area is 225 Å². The molecular formula is C26H32FN9O3. The lowest BCUT2D eigenvalue weighted by Crippen LogP contribution is -2.54. The summed E-state index contributed by atoms with van der Waals surface area (Å²) >= 11 is 0. The van der Waals surface area contributed by atoms with Crippen LogP contribution >= 0.6 is 0 Å². The quantitative estimate of drug-likeness (QED) is 0.280. The number of hydrogen-bond donors (Lipinski definition) is 3. The van der Waals surface area contributed by atoms with Gasteiger partial charge in [0.15, 0.2) is 5.82 Å². The second kappa shape index (κ2) is 11.9. The van der Waals surface area contributed by atoms with E-state index in [9.17, 15) is 9.18 Å². The van der Waals surface area contributed by atoms with Crippen LogP contribution in [0, 0.1) is 5.82 Å². The van der Waals surface area contributed by atoms with Gasteiger partial charge < -0.3 is 30.0 Å². The third kappa shape index (κ3) is 5.91. The van der Waals surface area contributed by atoms with E-state index in [-0.39, 0.29) is 24.2 Å². The van der Waals surface area contributed by atoms with Crippen molar-refractivity contribution in [2.45, 2.75) is 12.8 Å². The molecule has 4 heterocycles. The second-order valence-corrected chi connectivity index (χ2v) is 9.43. The van der Waals surface area contributed by atoms with Gasteiger partial charge in [-0.1, -0.05) is 12.1 Å². The van der Waals surface area contributed by atoms with Crippen LogP contribution in [0.15, 0.2) is 43.0 Å². The number of amides is 1. The molecule has 1 aliphatic heterocycles. The lowest BCUT2D eigenvalue weighted by Gasteiger charge is -2.36. The minimum Gasteiger partial charge on any atom is -0.383 e. The molecule has 12 nitrogen and oxygen atoms in total. The molecule has 0 unspecified atom stereocenters. The van der Waals surface area contributed by atoms with Crippen molar-refractivity contribution in [1.29, 1.82) is 0 Å². The van der Waals surface area contributed by atoms with Gasteiger partial charge in [-0.2, -0.15) is 5.10 Å². The van der Waals surface area contributed by atoms with E-state index in [4.69, 9.17) is 9.47 Å². The number of para-hydroxylation sites is 1. The Bertz CT molecular complexity index is 1430. The Kier molecular flexibility index (Phi) is 8.12. The number of halogens is 1. The first-order chi connectivity index (χ1) is 19.0. The minimum absolute atomic E-state index is 0.126.